The van der Waals surface area contributed by atoms with Gasteiger partial charge in [-0.2, -0.15) is 5.10 Å². The van der Waals surface area contributed by atoms with Crippen LogP contribution in [-0.2, 0) is 11.2 Å². The number of hydrogen-bond donors (Lipinski definition) is 1. The maximum atomic E-state index is 12.1. The number of nitrogens with zero attached hydrogens (tertiary/aromatic N) is 3. The summed E-state index contributed by atoms with van der Waals surface area (Å²) >= 11 is 1.59. The molecule has 0 saturated carbocycles. The van der Waals surface area contributed by atoms with Crippen LogP contribution in [0.2, 0.25) is 0 Å². The monoisotopic (exact) mass is 394 g/mol. The van der Waals surface area contributed by atoms with Crippen LogP contribution in [0.25, 0.3) is 17.3 Å². The van der Waals surface area contributed by atoms with Crippen molar-refractivity contribution in [1.82, 2.24) is 20.1 Å². The van der Waals surface area contributed by atoms with E-state index in [1.807, 2.05) is 37.6 Å². The second-order valence-electron chi connectivity index (χ2n) is 6.84. The summed E-state index contributed by atoms with van der Waals surface area (Å²) in [5.74, 6) is 0.0201. The van der Waals surface area contributed by atoms with Gasteiger partial charge in [-0.25, -0.2) is 4.98 Å². The Balaban J connectivity index is 1.35. The summed E-state index contributed by atoms with van der Waals surface area (Å²) in [6.45, 7) is 2.72. The number of rotatable bonds is 9. The van der Waals surface area contributed by atoms with Crippen LogP contribution in [0.1, 0.15) is 35.7 Å². The maximum absolute atomic E-state index is 12.1. The summed E-state index contributed by atoms with van der Waals surface area (Å²) in [7, 11) is 1.85. The van der Waals surface area contributed by atoms with Crippen molar-refractivity contribution in [1.29, 1.82) is 0 Å². The maximum Gasteiger partial charge on any atom is 0.246 e. The van der Waals surface area contributed by atoms with Gasteiger partial charge in [0.25, 0.3) is 0 Å². The van der Waals surface area contributed by atoms with Gasteiger partial charge in [0.1, 0.15) is 0 Å². The highest BCUT2D eigenvalue weighted by molar-refractivity contribution is 7.09. The van der Waals surface area contributed by atoms with Crippen molar-refractivity contribution in [3.05, 3.63) is 64.2 Å². The third-order valence-electron chi connectivity index (χ3n) is 4.55. The van der Waals surface area contributed by atoms with Crippen LogP contribution < -0.4 is 0 Å². The minimum Gasteiger partial charge on any atom is -0.342 e. The van der Waals surface area contributed by atoms with Crippen LogP contribution >= 0.6 is 11.3 Å². The van der Waals surface area contributed by atoms with E-state index in [0.29, 0.717) is 0 Å². The number of thiazole rings is 1. The van der Waals surface area contributed by atoms with E-state index in [4.69, 9.17) is 0 Å². The van der Waals surface area contributed by atoms with E-state index in [1.165, 1.54) is 0 Å². The molecule has 1 aromatic carbocycles. The van der Waals surface area contributed by atoms with Crippen LogP contribution in [0, 0.1) is 6.92 Å². The van der Waals surface area contributed by atoms with E-state index in [-0.39, 0.29) is 5.91 Å². The molecule has 0 aliphatic carbocycles. The molecule has 0 unspecified atom stereocenters. The molecule has 0 aliphatic rings. The Morgan fingerprint density at radius 1 is 1.21 bits per heavy atom. The molecule has 2 heterocycles. The van der Waals surface area contributed by atoms with Gasteiger partial charge in [0.2, 0.25) is 5.91 Å². The van der Waals surface area contributed by atoms with Gasteiger partial charge in [-0.05, 0) is 38.3 Å². The molecule has 0 saturated heterocycles. The highest BCUT2D eigenvalue weighted by atomic mass is 32.1. The lowest BCUT2D eigenvalue weighted by atomic mass is 10.1. The molecule has 1 amide bonds. The van der Waals surface area contributed by atoms with Gasteiger partial charge < -0.3 is 4.90 Å². The smallest absolute Gasteiger partial charge is 0.246 e. The Labute approximate surface area is 170 Å². The molecule has 3 rings (SSSR count). The molecular formula is C22H26N4OS. The van der Waals surface area contributed by atoms with Crippen LogP contribution in [0.3, 0.4) is 0 Å². The zero-order valence-electron chi connectivity index (χ0n) is 16.4. The number of H-pyrrole nitrogens is 1. The van der Waals surface area contributed by atoms with Crippen molar-refractivity contribution in [3.63, 3.8) is 0 Å². The van der Waals surface area contributed by atoms with E-state index >= 15 is 0 Å². The number of benzene rings is 1. The van der Waals surface area contributed by atoms with Gasteiger partial charge in [0.05, 0.1) is 16.4 Å². The highest BCUT2D eigenvalue weighted by Crippen LogP contribution is 2.18. The van der Waals surface area contributed by atoms with Crippen molar-refractivity contribution in [2.75, 3.05) is 13.6 Å². The van der Waals surface area contributed by atoms with Crippen molar-refractivity contribution in [3.8, 4) is 11.3 Å². The van der Waals surface area contributed by atoms with Crippen LogP contribution in [0.15, 0.2) is 47.9 Å². The number of aryl methyl sites for hydroxylation is 2. The fourth-order valence-corrected chi connectivity index (χ4v) is 3.52. The zero-order valence-corrected chi connectivity index (χ0v) is 17.2. The zero-order chi connectivity index (χ0) is 19.8. The summed E-state index contributed by atoms with van der Waals surface area (Å²) in [5.41, 5.74) is 4.12. The van der Waals surface area contributed by atoms with E-state index < -0.39 is 0 Å². The van der Waals surface area contributed by atoms with Crippen molar-refractivity contribution < 1.29 is 4.79 Å². The minimum absolute atomic E-state index is 0.0201. The average Bonchev–Trinajstić information content (AvgIpc) is 3.35. The Kier molecular flexibility index (Phi) is 7.14. The van der Waals surface area contributed by atoms with E-state index in [9.17, 15) is 4.79 Å². The van der Waals surface area contributed by atoms with E-state index in [0.717, 1.165) is 59.9 Å². The van der Waals surface area contributed by atoms with Crippen molar-refractivity contribution in [2.24, 2.45) is 0 Å². The number of aromatic nitrogens is 3. The number of unbranched alkanes of at least 4 members (excludes halogenated alkanes) is 2. The van der Waals surface area contributed by atoms with Crippen molar-refractivity contribution >= 4 is 23.3 Å². The molecular weight excluding hydrogens is 368 g/mol. The van der Waals surface area contributed by atoms with Gasteiger partial charge in [0.15, 0.2) is 0 Å². The Bertz CT molecular complexity index is 914. The number of likely N-dealkylation sites (N-methyl/N-ethyl adjacent to an activating group) is 1. The van der Waals surface area contributed by atoms with Gasteiger partial charge in [0, 0.05) is 36.3 Å². The quantitative estimate of drug-likeness (QED) is 0.422. The number of hydrogen-bond acceptors (Lipinski definition) is 4. The predicted octanol–water partition coefficient (Wildman–Crippen LogP) is 4.73. The molecule has 5 nitrogen and oxygen atoms in total. The first kappa shape index (κ1) is 20.0. The number of carbonyl (C=O) groups excluding carboxylic acids is 1. The molecule has 1 N–H and O–H groups in total. The first-order valence-corrected chi connectivity index (χ1v) is 10.4. The minimum atomic E-state index is 0.0201. The summed E-state index contributed by atoms with van der Waals surface area (Å²) in [4.78, 5) is 18.2. The lowest BCUT2D eigenvalue weighted by Crippen LogP contribution is -2.25. The topological polar surface area (TPSA) is 61.9 Å². The Morgan fingerprint density at radius 3 is 2.79 bits per heavy atom. The molecule has 0 atom stereocenters. The number of nitrogens with one attached hydrogen (secondary N) is 1. The summed E-state index contributed by atoms with van der Waals surface area (Å²) < 4.78 is 0. The molecule has 2 aromatic heterocycles. The normalized spacial score (nSPS) is 11.2. The van der Waals surface area contributed by atoms with Crippen LogP contribution in [0.5, 0.6) is 0 Å². The first-order chi connectivity index (χ1) is 13.6. The van der Waals surface area contributed by atoms with Crippen LogP contribution in [0.4, 0.5) is 0 Å². The third-order valence-corrected chi connectivity index (χ3v) is 5.34. The van der Waals surface area contributed by atoms with Gasteiger partial charge in [-0.15, -0.1) is 11.3 Å². The molecule has 6 heteroatoms. The standard InChI is InChI=1S/C22H26N4OS/c1-17-23-20(16-28-17)12-13-22(27)26(2)14-8-4-7-11-19-15-21(25-24-19)18-9-5-3-6-10-18/h3,5-6,9-10,12-13,15-16H,4,7-8,11,14H2,1-2H3,(H,24,25)/b13-12+. The molecule has 0 fully saturated rings. The predicted molar refractivity (Wildman–Crippen MR) is 115 cm³/mol. The molecule has 0 spiro atoms. The fraction of sp³-hybridized carbons (Fsp3) is 0.318. The second kappa shape index (κ2) is 9.99. The molecule has 3 aromatic rings. The van der Waals surface area contributed by atoms with E-state index in [2.05, 4.69) is 33.4 Å². The molecule has 28 heavy (non-hydrogen) atoms. The SMILES string of the molecule is Cc1nc(/C=C/C(=O)N(C)CCCCCc2cc(-c3ccccc3)n[nH]2)cs1. The fourth-order valence-electron chi connectivity index (χ4n) is 2.94. The highest BCUT2D eigenvalue weighted by Gasteiger charge is 2.06. The molecule has 0 aliphatic heterocycles. The molecule has 146 valence electrons. The van der Waals surface area contributed by atoms with Crippen molar-refractivity contribution in [2.45, 2.75) is 32.6 Å². The summed E-state index contributed by atoms with van der Waals surface area (Å²) in [6, 6.07) is 12.3. The lowest BCUT2D eigenvalue weighted by Gasteiger charge is -2.14. The number of carbonyl (C=O) groups is 1. The molecule has 0 bridgehead atoms. The lowest BCUT2D eigenvalue weighted by molar-refractivity contribution is -0.124. The first-order valence-electron chi connectivity index (χ1n) is 9.57. The number of aromatic amines is 1. The molecule has 0 radical (unpaired) electrons. The number of amides is 1. The van der Waals surface area contributed by atoms with Gasteiger partial charge in [-0.3, -0.25) is 9.89 Å². The largest absolute Gasteiger partial charge is 0.342 e. The van der Waals surface area contributed by atoms with Gasteiger partial charge >= 0.3 is 0 Å². The second-order valence-corrected chi connectivity index (χ2v) is 7.90. The third kappa shape index (κ3) is 5.89. The summed E-state index contributed by atoms with van der Waals surface area (Å²) in [5, 5.41) is 10.5. The average molecular weight is 395 g/mol. The summed E-state index contributed by atoms with van der Waals surface area (Å²) in [6.07, 6.45) is 7.50. The van der Waals surface area contributed by atoms with Crippen LogP contribution in [-0.4, -0.2) is 39.6 Å². The Morgan fingerprint density at radius 2 is 2.04 bits per heavy atom. The Hall–Kier alpha value is -2.73. The van der Waals surface area contributed by atoms with Gasteiger partial charge in [-0.1, -0.05) is 36.8 Å². The van der Waals surface area contributed by atoms with E-state index in [1.54, 1.807) is 28.4 Å².